The molecule has 1 aromatic rings. The van der Waals surface area contributed by atoms with Crippen molar-refractivity contribution in [1.29, 1.82) is 0 Å². The van der Waals surface area contributed by atoms with E-state index in [1.54, 1.807) is 0 Å². The number of nitrogens with zero attached hydrogens (tertiary/aromatic N) is 3. The summed E-state index contributed by atoms with van der Waals surface area (Å²) >= 11 is 0. The standard InChI is InChI=1S/C15H25N3/c1-3-17-9-7-13(8-10-17)15-16-11-14-6-4-5-12(2)18(14)15/h11-13H,3-10H2,1-2H3. The predicted molar refractivity (Wildman–Crippen MR) is 74.0 cm³/mol. The van der Waals surface area contributed by atoms with Gasteiger partial charge in [-0.3, -0.25) is 0 Å². The van der Waals surface area contributed by atoms with E-state index < -0.39 is 0 Å². The molecule has 3 heteroatoms. The molecule has 0 bridgehead atoms. The molecule has 0 radical (unpaired) electrons. The molecule has 1 fully saturated rings. The van der Waals surface area contributed by atoms with Gasteiger partial charge in [-0.05, 0) is 58.7 Å². The van der Waals surface area contributed by atoms with Crippen LogP contribution in [0.4, 0.5) is 0 Å². The molecule has 100 valence electrons. The zero-order valence-corrected chi connectivity index (χ0v) is 11.7. The van der Waals surface area contributed by atoms with Gasteiger partial charge in [-0.2, -0.15) is 0 Å². The number of rotatable bonds is 2. The van der Waals surface area contributed by atoms with E-state index in [9.17, 15) is 0 Å². The van der Waals surface area contributed by atoms with Gasteiger partial charge < -0.3 is 9.47 Å². The van der Waals surface area contributed by atoms with Crippen molar-refractivity contribution in [3.8, 4) is 0 Å². The molecule has 18 heavy (non-hydrogen) atoms. The maximum absolute atomic E-state index is 4.77. The van der Waals surface area contributed by atoms with Gasteiger partial charge in [0, 0.05) is 23.9 Å². The minimum absolute atomic E-state index is 0.662. The second-order valence-corrected chi connectivity index (χ2v) is 5.93. The first-order valence-corrected chi connectivity index (χ1v) is 7.58. The summed E-state index contributed by atoms with van der Waals surface area (Å²) in [4.78, 5) is 7.32. The second-order valence-electron chi connectivity index (χ2n) is 5.93. The highest BCUT2D eigenvalue weighted by Crippen LogP contribution is 2.33. The van der Waals surface area contributed by atoms with E-state index in [1.807, 2.05) is 0 Å². The van der Waals surface area contributed by atoms with E-state index in [0.717, 1.165) is 0 Å². The summed E-state index contributed by atoms with van der Waals surface area (Å²) < 4.78 is 2.55. The quantitative estimate of drug-likeness (QED) is 0.801. The summed E-state index contributed by atoms with van der Waals surface area (Å²) in [6, 6.07) is 0.662. The minimum atomic E-state index is 0.662. The molecule has 1 aromatic heterocycles. The van der Waals surface area contributed by atoms with Crippen molar-refractivity contribution >= 4 is 0 Å². The van der Waals surface area contributed by atoms with Crippen molar-refractivity contribution in [2.75, 3.05) is 19.6 Å². The van der Waals surface area contributed by atoms with Gasteiger partial charge in [0.1, 0.15) is 5.82 Å². The van der Waals surface area contributed by atoms with Gasteiger partial charge in [0.15, 0.2) is 0 Å². The number of likely N-dealkylation sites (tertiary alicyclic amines) is 1. The molecule has 0 amide bonds. The van der Waals surface area contributed by atoms with Crippen LogP contribution in [0.2, 0.25) is 0 Å². The van der Waals surface area contributed by atoms with Crippen molar-refractivity contribution in [3.63, 3.8) is 0 Å². The third kappa shape index (κ3) is 2.09. The summed E-state index contributed by atoms with van der Waals surface area (Å²) in [6.07, 6.45) is 8.60. The molecule has 2 aliphatic heterocycles. The third-order valence-corrected chi connectivity index (χ3v) is 4.80. The Bertz CT molecular complexity index is 402. The Morgan fingerprint density at radius 3 is 2.78 bits per heavy atom. The van der Waals surface area contributed by atoms with Crippen LogP contribution in [-0.2, 0) is 6.42 Å². The largest absolute Gasteiger partial charge is 0.329 e. The number of fused-ring (bicyclic) bond motifs is 1. The van der Waals surface area contributed by atoms with Crippen molar-refractivity contribution in [2.45, 2.75) is 57.9 Å². The Hall–Kier alpha value is -0.830. The molecule has 1 saturated heterocycles. The lowest BCUT2D eigenvalue weighted by Crippen LogP contribution is -2.33. The van der Waals surface area contributed by atoms with Crippen LogP contribution in [-0.4, -0.2) is 34.1 Å². The van der Waals surface area contributed by atoms with Crippen molar-refractivity contribution in [2.24, 2.45) is 0 Å². The van der Waals surface area contributed by atoms with Crippen LogP contribution in [0, 0.1) is 0 Å². The number of aromatic nitrogens is 2. The first-order valence-electron chi connectivity index (χ1n) is 7.58. The molecule has 3 heterocycles. The minimum Gasteiger partial charge on any atom is -0.329 e. The molecule has 0 saturated carbocycles. The predicted octanol–water partition coefficient (Wildman–Crippen LogP) is 2.98. The molecule has 2 aliphatic rings. The number of hydrogen-bond acceptors (Lipinski definition) is 2. The van der Waals surface area contributed by atoms with E-state index in [0.29, 0.717) is 12.0 Å². The summed E-state index contributed by atoms with van der Waals surface area (Å²) in [5, 5.41) is 0. The highest BCUT2D eigenvalue weighted by molar-refractivity contribution is 5.14. The summed E-state index contributed by atoms with van der Waals surface area (Å²) in [6.45, 7) is 8.31. The van der Waals surface area contributed by atoms with Crippen LogP contribution in [0.5, 0.6) is 0 Å². The number of imidazole rings is 1. The number of aryl methyl sites for hydroxylation is 1. The Morgan fingerprint density at radius 1 is 1.28 bits per heavy atom. The molecule has 0 spiro atoms. The lowest BCUT2D eigenvalue weighted by Gasteiger charge is -2.33. The molecule has 0 N–H and O–H groups in total. The van der Waals surface area contributed by atoms with Gasteiger partial charge >= 0.3 is 0 Å². The smallest absolute Gasteiger partial charge is 0.112 e. The van der Waals surface area contributed by atoms with Crippen molar-refractivity contribution in [1.82, 2.24) is 14.5 Å². The van der Waals surface area contributed by atoms with E-state index in [-0.39, 0.29) is 0 Å². The summed E-state index contributed by atoms with van der Waals surface area (Å²) in [5.74, 6) is 2.08. The average Bonchev–Trinajstić information content (AvgIpc) is 2.84. The lowest BCUT2D eigenvalue weighted by atomic mass is 9.94. The maximum Gasteiger partial charge on any atom is 0.112 e. The van der Waals surface area contributed by atoms with Crippen molar-refractivity contribution in [3.05, 3.63) is 17.7 Å². The van der Waals surface area contributed by atoms with E-state index >= 15 is 0 Å². The van der Waals surface area contributed by atoms with Gasteiger partial charge in [0.05, 0.1) is 0 Å². The Labute approximate surface area is 110 Å². The van der Waals surface area contributed by atoms with Gasteiger partial charge in [-0.25, -0.2) is 4.98 Å². The fourth-order valence-corrected chi connectivity index (χ4v) is 3.62. The second kappa shape index (κ2) is 5.04. The highest BCUT2D eigenvalue weighted by Gasteiger charge is 2.27. The monoisotopic (exact) mass is 247 g/mol. The Kier molecular flexibility index (Phi) is 3.42. The first-order chi connectivity index (χ1) is 8.79. The lowest BCUT2D eigenvalue weighted by molar-refractivity contribution is 0.215. The normalized spacial score (nSPS) is 26.2. The zero-order chi connectivity index (χ0) is 12.5. The van der Waals surface area contributed by atoms with Crippen LogP contribution in [0.25, 0.3) is 0 Å². The molecule has 1 unspecified atom stereocenters. The maximum atomic E-state index is 4.77. The first kappa shape index (κ1) is 12.2. The summed E-state index contributed by atoms with van der Waals surface area (Å²) in [7, 11) is 0. The van der Waals surface area contributed by atoms with Crippen LogP contribution in [0.3, 0.4) is 0 Å². The molecule has 3 nitrogen and oxygen atoms in total. The molecule has 3 rings (SSSR count). The van der Waals surface area contributed by atoms with Gasteiger partial charge in [0.2, 0.25) is 0 Å². The van der Waals surface area contributed by atoms with Crippen LogP contribution in [0.15, 0.2) is 6.20 Å². The molecule has 1 atom stereocenters. The Balaban J connectivity index is 1.79. The fourth-order valence-electron chi connectivity index (χ4n) is 3.62. The average molecular weight is 247 g/mol. The molecule has 0 aliphatic carbocycles. The third-order valence-electron chi connectivity index (χ3n) is 4.80. The number of hydrogen-bond donors (Lipinski definition) is 0. The van der Waals surface area contributed by atoms with Gasteiger partial charge in [-0.1, -0.05) is 6.92 Å². The van der Waals surface area contributed by atoms with Crippen LogP contribution < -0.4 is 0 Å². The molecule has 0 aromatic carbocycles. The van der Waals surface area contributed by atoms with Gasteiger partial charge in [0.25, 0.3) is 0 Å². The van der Waals surface area contributed by atoms with E-state index in [2.05, 4.69) is 29.5 Å². The van der Waals surface area contributed by atoms with Crippen LogP contribution >= 0.6 is 0 Å². The fraction of sp³-hybridized carbons (Fsp3) is 0.800. The van der Waals surface area contributed by atoms with Crippen LogP contribution in [0.1, 0.15) is 63.0 Å². The van der Waals surface area contributed by atoms with E-state index in [1.165, 1.54) is 63.3 Å². The number of piperidine rings is 1. The SMILES string of the molecule is CCN1CCC(c2ncc3n2C(C)CCC3)CC1. The zero-order valence-electron chi connectivity index (χ0n) is 11.7. The Morgan fingerprint density at radius 2 is 2.06 bits per heavy atom. The molecular formula is C15H25N3. The van der Waals surface area contributed by atoms with E-state index in [4.69, 9.17) is 4.98 Å². The highest BCUT2D eigenvalue weighted by atomic mass is 15.1. The topological polar surface area (TPSA) is 21.1 Å². The van der Waals surface area contributed by atoms with Gasteiger partial charge in [-0.15, -0.1) is 0 Å². The summed E-state index contributed by atoms with van der Waals surface area (Å²) in [5.41, 5.74) is 1.47. The van der Waals surface area contributed by atoms with Crippen molar-refractivity contribution < 1.29 is 0 Å². The molecular weight excluding hydrogens is 222 g/mol.